The first-order valence-electron chi connectivity index (χ1n) is 6.51. The second-order valence-electron chi connectivity index (χ2n) is 5.30. The molecular formula is C13H21N3O2S. The van der Waals surface area contributed by atoms with Crippen molar-refractivity contribution in [2.75, 3.05) is 24.2 Å². The van der Waals surface area contributed by atoms with Gasteiger partial charge in [-0.25, -0.2) is 13.6 Å². The number of sulfonamides is 1. The third-order valence-corrected chi connectivity index (χ3v) is 4.66. The van der Waals surface area contributed by atoms with E-state index >= 15 is 0 Å². The molecule has 6 heteroatoms. The van der Waals surface area contributed by atoms with Crippen molar-refractivity contribution in [3.8, 4) is 0 Å². The fourth-order valence-electron chi connectivity index (χ4n) is 2.74. The first-order chi connectivity index (χ1) is 8.88. The number of nitrogens with two attached hydrogens (primary N) is 2. The molecule has 0 amide bonds. The largest absolute Gasteiger partial charge is 0.397 e. The fourth-order valence-corrected chi connectivity index (χ4v) is 3.28. The van der Waals surface area contributed by atoms with E-state index in [-0.39, 0.29) is 4.90 Å². The summed E-state index contributed by atoms with van der Waals surface area (Å²) in [7, 11) is -1.70. The third kappa shape index (κ3) is 3.39. The first kappa shape index (κ1) is 14.1. The van der Waals surface area contributed by atoms with Crippen LogP contribution in [0, 0.1) is 5.92 Å². The molecule has 0 unspecified atom stereocenters. The molecule has 0 aliphatic heterocycles. The van der Waals surface area contributed by atoms with Gasteiger partial charge in [0.2, 0.25) is 10.0 Å². The predicted molar refractivity (Wildman–Crippen MR) is 77.5 cm³/mol. The van der Waals surface area contributed by atoms with Gasteiger partial charge >= 0.3 is 0 Å². The molecule has 1 aromatic rings. The van der Waals surface area contributed by atoms with Crippen LogP contribution in [0.3, 0.4) is 0 Å². The van der Waals surface area contributed by atoms with Gasteiger partial charge in [0.25, 0.3) is 0 Å². The molecule has 0 atom stereocenters. The highest BCUT2D eigenvalue weighted by molar-refractivity contribution is 7.89. The number of rotatable bonds is 4. The lowest BCUT2D eigenvalue weighted by atomic mass is 10.1. The molecule has 0 aromatic heterocycles. The number of nitrogen functional groups attached to an aromatic ring is 1. The zero-order valence-electron chi connectivity index (χ0n) is 11.2. The summed E-state index contributed by atoms with van der Waals surface area (Å²) >= 11 is 0. The molecule has 1 aliphatic carbocycles. The fraction of sp³-hybridized carbons (Fsp3) is 0.538. The SMILES string of the molecule is CN(CC1CCCC1)c1ccc(S(N)(=O)=O)cc1N. The number of benzene rings is 1. The van der Waals surface area contributed by atoms with Gasteiger partial charge in [-0.15, -0.1) is 0 Å². The average molecular weight is 283 g/mol. The lowest BCUT2D eigenvalue weighted by molar-refractivity contribution is 0.547. The van der Waals surface area contributed by atoms with Crippen molar-refractivity contribution < 1.29 is 8.42 Å². The highest BCUT2D eigenvalue weighted by atomic mass is 32.2. The van der Waals surface area contributed by atoms with Crippen LogP contribution in [-0.2, 0) is 10.0 Å². The second kappa shape index (κ2) is 5.38. The Morgan fingerprint density at radius 3 is 2.47 bits per heavy atom. The molecule has 0 heterocycles. The average Bonchev–Trinajstić information content (AvgIpc) is 2.80. The number of primary sulfonamides is 1. The maximum Gasteiger partial charge on any atom is 0.238 e. The van der Waals surface area contributed by atoms with Gasteiger partial charge in [-0.1, -0.05) is 12.8 Å². The minimum Gasteiger partial charge on any atom is -0.397 e. The molecule has 0 saturated heterocycles. The monoisotopic (exact) mass is 283 g/mol. The molecule has 0 bridgehead atoms. The van der Waals surface area contributed by atoms with Gasteiger partial charge in [-0.3, -0.25) is 0 Å². The van der Waals surface area contributed by atoms with Crippen molar-refractivity contribution in [2.45, 2.75) is 30.6 Å². The summed E-state index contributed by atoms with van der Waals surface area (Å²) in [6.07, 6.45) is 5.13. The van der Waals surface area contributed by atoms with Crippen molar-refractivity contribution in [3.63, 3.8) is 0 Å². The quantitative estimate of drug-likeness (QED) is 0.820. The lowest BCUT2D eigenvalue weighted by Gasteiger charge is -2.24. The highest BCUT2D eigenvalue weighted by Gasteiger charge is 2.18. The summed E-state index contributed by atoms with van der Waals surface area (Å²) in [4.78, 5) is 2.15. The molecule has 1 saturated carbocycles. The molecule has 0 spiro atoms. The number of hydrogen-bond acceptors (Lipinski definition) is 4. The molecule has 1 aliphatic rings. The van der Waals surface area contributed by atoms with Crippen LogP contribution in [0.4, 0.5) is 11.4 Å². The van der Waals surface area contributed by atoms with E-state index in [1.165, 1.54) is 37.8 Å². The lowest BCUT2D eigenvalue weighted by Crippen LogP contribution is -2.25. The Morgan fingerprint density at radius 2 is 1.95 bits per heavy atom. The summed E-state index contributed by atoms with van der Waals surface area (Å²) in [5, 5.41) is 5.09. The number of nitrogens with zero attached hydrogens (tertiary/aromatic N) is 1. The van der Waals surface area contributed by atoms with Gasteiger partial charge in [-0.2, -0.15) is 0 Å². The first-order valence-corrected chi connectivity index (χ1v) is 8.06. The van der Waals surface area contributed by atoms with Crippen LogP contribution in [0.2, 0.25) is 0 Å². The van der Waals surface area contributed by atoms with Crippen molar-refractivity contribution >= 4 is 21.4 Å². The summed E-state index contributed by atoms with van der Waals surface area (Å²) in [6, 6.07) is 4.66. The maximum atomic E-state index is 11.3. The summed E-state index contributed by atoms with van der Waals surface area (Å²) in [6.45, 7) is 0.957. The van der Waals surface area contributed by atoms with Crippen LogP contribution in [0.5, 0.6) is 0 Å². The van der Waals surface area contributed by atoms with Crippen molar-refractivity contribution in [2.24, 2.45) is 11.1 Å². The Labute approximate surface area is 114 Å². The topological polar surface area (TPSA) is 89.4 Å². The molecule has 1 fully saturated rings. The smallest absolute Gasteiger partial charge is 0.238 e. The van der Waals surface area contributed by atoms with Crippen LogP contribution >= 0.6 is 0 Å². The van der Waals surface area contributed by atoms with E-state index in [1.54, 1.807) is 6.07 Å². The molecule has 19 heavy (non-hydrogen) atoms. The Morgan fingerprint density at radius 1 is 1.32 bits per heavy atom. The van der Waals surface area contributed by atoms with E-state index in [0.717, 1.165) is 12.2 Å². The molecule has 5 nitrogen and oxygen atoms in total. The van der Waals surface area contributed by atoms with Gasteiger partial charge in [0.1, 0.15) is 0 Å². The minimum absolute atomic E-state index is 0.0583. The Balaban J connectivity index is 2.16. The van der Waals surface area contributed by atoms with Crippen molar-refractivity contribution in [1.82, 2.24) is 0 Å². The standard InChI is InChI=1S/C13H21N3O2S/c1-16(9-10-4-2-3-5-10)13-7-6-11(8-12(13)14)19(15,17)18/h6-8,10H,2-5,9,14H2,1H3,(H2,15,17,18). The normalized spacial score (nSPS) is 16.7. The second-order valence-corrected chi connectivity index (χ2v) is 6.86. The molecule has 2 rings (SSSR count). The number of hydrogen-bond donors (Lipinski definition) is 2. The van der Waals surface area contributed by atoms with Crippen LogP contribution in [-0.4, -0.2) is 22.0 Å². The van der Waals surface area contributed by atoms with Gasteiger partial charge < -0.3 is 10.6 Å². The van der Waals surface area contributed by atoms with Gasteiger partial charge in [0.05, 0.1) is 16.3 Å². The van der Waals surface area contributed by atoms with Crippen LogP contribution in [0.25, 0.3) is 0 Å². The van der Waals surface area contributed by atoms with E-state index in [4.69, 9.17) is 10.9 Å². The van der Waals surface area contributed by atoms with E-state index in [2.05, 4.69) is 4.90 Å². The Kier molecular flexibility index (Phi) is 4.01. The zero-order chi connectivity index (χ0) is 14.0. The zero-order valence-corrected chi connectivity index (χ0v) is 12.0. The van der Waals surface area contributed by atoms with E-state index in [0.29, 0.717) is 11.6 Å². The molecule has 1 aromatic carbocycles. The summed E-state index contributed by atoms with van der Waals surface area (Å²) < 4.78 is 22.5. The van der Waals surface area contributed by atoms with Crippen LogP contribution in [0.15, 0.2) is 23.1 Å². The van der Waals surface area contributed by atoms with Crippen molar-refractivity contribution in [1.29, 1.82) is 0 Å². The minimum atomic E-state index is -3.69. The third-order valence-electron chi connectivity index (χ3n) is 3.75. The van der Waals surface area contributed by atoms with E-state index in [1.807, 2.05) is 7.05 Å². The molecule has 106 valence electrons. The Bertz CT molecular complexity index is 551. The molecular weight excluding hydrogens is 262 g/mol. The van der Waals surface area contributed by atoms with Gasteiger partial charge in [0, 0.05) is 13.6 Å². The van der Waals surface area contributed by atoms with Crippen molar-refractivity contribution in [3.05, 3.63) is 18.2 Å². The van der Waals surface area contributed by atoms with E-state index in [9.17, 15) is 8.42 Å². The number of anilines is 2. The molecule has 0 radical (unpaired) electrons. The maximum absolute atomic E-state index is 11.3. The van der Waals surface area contributed by atoms with Crippen LogP contribution in [0.1, 0.15) is 25.7 Å². The van der Waals surface area contributed by atoms with Gasteiger partial charge in [-0.05, 0) is 37.0 Å². The predicted octanol–water partition coefficient (Wildman–Crippen LogP) is 1.54. The Hall–Kier alpha value is -1.27. The molecule has 4 N–H and O–H groups in total. The van der Waals surface area contributed by atoms with Crippen LogP contribution < -0.4 is 15.8 Å². The summed E-state index contributed by atoms with van der Waals surface area (Å²) in [5.74, 6) is 0.710. The summed E-state index contributed by atoms with van der Waals surface area (Å²) in [5.41, 5.74) is 7.24. The highest BCUT2D eigenvalue weighted by Crippen LogP contribution is 2.30. The van der Waals surface area contributed by atoms with Gasteiger partial charge in [0.15, 0.2) is 0 Å². The van der Waals surface area contributed by atoms with E-state index < -0.39 is 10.0 Å².